The molecule has 1 unspecified atom stereocenters. The van der Waals surface area contributed by atoms with Gasteiger partial charge in [0.2, 0.25) is 0 Å². The molecule has 4 heterocycles. The Morgan fingerprint density at radius 2 is 0.825 bits per heavy atom. The van der Waals surface area contributed by atoms with Crippen molar-refractivity contribution in [3.8, 4) is 0 Å². The maximum Gasteiger partial charge on any atom is 0.410 e. The molecule has 6 fully saturated rings. The first-order chi connectivity index (χ1) is 34.9. The Kier molecular flexibility index (Phi) is 32.5. The van der Waals surface area contributed by atoms with Crippen molar-refractivity contribution in [2.24, 2.45) is 16.7 Å². The Morgan fingerprint density at radius 3 is 1.16 bits per heavy atom. The summed E-state index contributed by atoms with van der Waals surface area (Å²) in [5, 5.41) is 0. The number of ether oxygens (including phenoxy) is 5. The molecule has 0 aromatic rings. The Hall–Kier alpha value is -4.00. The van der Waals surface area contributed by atoms with Gasteiger partial charge in [0.25, 0.3) is 0 Å². The summed E-state index contributed by atoms with van der Waals surface area (Å²) >= 11 is 0. The van der Waals surface area contributed by atoms with Crippen molar-refractivity contribution in [3.05, 3.63) is 11.6 Å². The summed E-state index contributed by atoms with van der Waals surface area (Å²) in [7, 11) is 0. The molecule has 2 aliphatic carbocycles. The van der Waals surface area contributed by atoms with Crippen LogP contribution in [-0.2, 0) is 109 Å². The van der Waals surface area contributed by atoms with E-state index in [4.69, 9.17) is 23.7 Å². The number of carbonyl (C=O) groups is 11. The van der Waals surface area contributed by atoms with Gasteiger partial charge in [-0.3, -0.25) is 33.6 Å². The van der Waals surface area contributed by atoms with Crippen molar-refractivity contribution in [2.45, 2.75) is 218 Å². The van der Waals surface area contributed by atoms with Gasteiger partial charge in [-0.05, 0) is 147 Å². The first-order valence-corrected chi connectivity index (χ1v) is 26.8. The number of ketones is 6. The fourth-order valence-electron chi connectivity index (χ4n) is 9.82. The molecule has 2 saturated carbocycles. The third-order valence-corrected chi connectivity index (χ3v) is 13.2. The zero-order chi connectivity index (χ0) is 57.6. The van der Waals surface area contributed by atoms with Crippen LogP contribution in [0.3, 0.4) is 0 Å². The van der Waals surface area contributed by atoms with Gasteiger partial charge < -0.3 is 43.3 Å². The summed E-state index contributed by atoms with van der Waals surface area (Å²) in [6, 6.07) is 0. The molecule has 20 nitrogen and oxygen atoms in total. The number of amides is 4. The summed E-state index contributed by atoms with van der Waals surface area (Å²) in [5.41, 5.74) is -1.82. The number of Topliss-reactive ketones (excluding diaryl/α,β-unsaturated/α-hetero) is 5. The van der Waals surface area contributed by atoms with E-state index in [0.29, 0.717) is 104 Å². The van der Waals surface area contributed by atoms with Crippen molar-refractivity contribution in [1.82, 2.24) is 19.6 Å². The predicted octanol–water partition coefficient (Wildman–Crippen LogP) is 9.83. The second kappa shape index (κ2) is 33.3. The molecule has 6 aliphatic rings. The summed E-state index contributed by atoms with van der Waals surface area (Å²) in [6.07, 6.45) is 6.11. The molecule has 2 spiro atoms. The molecule has 0 bridgehead atoms. The Balaban J connectivity index is 0. The van der Waals surface area contributed by atoms with Gasteiger partial charge in [0.05, 0.1) is 19.4 Å². The van der Waals surface area contributed by atoms with E-state index >= 15 is 0 Å². The third kappa shape index (κ3) is 27.4. The monoisotopic (exact) mass is 1240 g/mol. The Labute approximate surface area is 514 Å². The zero-order valence-electron chi connectivity index (χ0n) is 49.1. The maximum absolute atomic E-state index is 12.4. The molecule has 4 aliphatic heterocycles. The molecular weight excluding hydrogens is 1150 g/mol. The number of hydrogen-bond donors (Lipinski definition) is 0. The molecule has 1 atom stereocenters. The van der Waals surface area contributed by atoms with Crippen LogP contribution in [-0.4, -0.2) is 166 Å². The standard InChI is InChI=1S/C18H27NO6.C15H23NO4.C13H21NO3.C10H17NO3.2CH4.V.Y/c1-5-24-15(22)14-13(21)10-12(20)11-18(14)6-8-19(9-7-18)16(23)25-17(2,3)4;1-14(2,3)20-13(19)16-6-4-15(5-7-16)9-11(17)8-12(18)10-15;1-10(15)9-11-5-7-14(8-6-11)12(16)17-13(2,3)4;1-10(2,3)14-9(13)11-6-4-8(12)5-7-11;;;;/h14H,5-11H2,1-4H3;4-10H2,1-3H3;9H,5-8H2,1-4H3;4-7H2,1-3H3;2*1H4;;. The Bertz CT molecular complexity index is 2150. The minimum atomic E-state index is -0.911. The molecule has 0 N–H and O–H groups in total. The van der Waals surface area contributed by atoms with Crippen LogP contribution in [0.4, 0.5) is 19.2 Å². The summed E-state index contributed by atoms with van der Waals surface area (Å²) < 4.78 is 26.3. The fourth-order valence-corrected chi connectivity index (χ4v) is 9.82. The van der Waals surface area contributed by atoms with Crippen LogP contribution in [0.1, 0.15) is 195 Å². The molecule has 4 amide bonds. The van der Waals surface area contributed by atoms with Crippen LogP contribution in [0.5, 0.6) is 0 Å². The molecule has 6 rings (SSSR count). The molecule has 2 radical (unpaired) electrons. The minimum Gasteiger partial charge on any atom is -0.465 e. The van der Waals surface area contributed by atoms with Gasteiger partial charge in [-0.1, -0.05) is 20.4 Å². The first kappa shape index (κ1) is 78.1. The number of rotatable bonds is 3. The van der Waals surface area contributed by atoms with Gasteiger partial charge in [-0.15, -0.1) is 0 Å². The van der Waals surface area contributed by atoms with E-state index < -0.39 is 45.8 Å². The van der Waals surface area contributed by atoms with Gasteiger partial charge in [-0.25, -0.2) is 19.2 Å². The number of allylic oxidation sites excluding steroid dienone is 1. The molecule has 0 aromatic heterocycles. The first-order valence-electron chi connectivity index (χ1n) is 26.8. The minimum absolute atomic E-state index is 0. The SMILES string of the molecule is C.C.CC(=O)C=C1CCN(C(=O)OC(C)(C)C)CC1.CC(C)(C)OC(=O)N1CCC(=O)CC1.CC(C)(C)OC(=O)N1CCC2(CC1)CC(=O)CC(=O)C2.CCOC(=O)C1C(=O)CC(=O)CC12CCN(C(=O)OC(C)(C)C)CC2.[V].[Y]. The van der Waals surface area contributed by atoms with Crippen LogP contribution in [0.25, 0.3) is 0 Å². The van der Waals surface area contributed by atoms with E-state index in [0.717, 1.165) is 18.4 Å². The summed E-state index contributed by atoms with van der Waals surface area (Å²) in [6.45, 7) is 29.5. The number of piperidine rings is 4. The molecule has 22 heteroatoms. The zero-order valence-corrected chi connectivity index (χ0v) is 53.3. The van der Waals surface area contributed by atoms with Gasteiger partial charge in [0, 0.05) is 141 Å². The van der Waals surface area contributed by atoms with E-state index in [1.54, 1.807) is 60.3 Å². The van der Waals surface area contributed by atoms with Crippen LogP contribution in [0.15, 0.2) is 11.6 Å². The third-order valence-electron chi connectivity index (χ3n) is 13.2. The quantitative estimate of drug-likeness (QED) is 0.110. The number of likely N-dealkylation sites (tertiary alicyclic amines) is 4. The summed E-state index contributed by atoms with van der Waals surface area (Å²) in [4.78, 5) is 136. The predicted molar refractivity (Wildman–Crippen MR) is 293 cm³/mol. The van der Waals surface area contributed by atoms with Crippen molar-refractivity contribution in [2.75, 3.05) is 59.0 Å². The Morgan fingerprint density at radius 1 is 0.500 bits per heavy atom. The molecule has 80 heavy (non-hydrogen) atoms. The average molecular weight is 1250 g/mol. The second-order valence-electron chi connectivity index (χ2n) is 24.8. The molecule has 4 saturated heterocycles. The van der Waals surface area contributed by atoms with Gasteiger partial charge in [0.1, 0.15) is 51.5 Å². The van der Waals surface area contributed by atoms with Crippen molar-refractivity contribution < 1.29 is 128 Å². The van der Waals surface area contributed by atoms with Crippen molar-refractivity contribution in [1.29, 1.82) is 0 Å². The molecule has 0 aromatic carbocycles. The van der Waals surface area contributed by atoms with Gasteiger partial charge in [-0.2, -0.15) is 0 Å². The van der Waals surface area contributed by atoms with Crippen LogP contribution < -0.4 is 0 Å². The second-order valence-corrected chi connectivity index (χ2v) is 24.8. The maximum atomic E-state index is 12.4. The topological polar surface area (TPSA) is 247 Å². The number of esters is 1. The number of hydrogen-bond acceptors (Lipinski definition) is 16. The number of carbonyl (C=O) groups excluding carboxylic acids is 11. The average Bonchev–Trinajstić information content (AvgIpc) is 3.25. The summed E-state index contributed by atoms with van der Waals surface area (Å²) in [5.74, 6) is -1.57. The van der Waals surface area contributed by atoms with Crippen LogP contribution in [0.2, 0.25) is 0 Å². The van der Waals surface area contributed by atoms with Crippen molar-refractivity contribution in [3.63, 3.8) is 0 Å². The fraction of sp³-hybridized carbons (Fsp3) is 0.776. The molecule has 452 valence electrons. The normalized spacial score (nSPS) is 19.9. The van der Waals surface area contributed by atoms with E-state index in [-0.39, 0.29) is 150 Å². The largest absolute Gasteiger partial charge is 0.465 e. The molecular formula is C58H96N4O16VY. The number of nitrogens with zero attached hydrogens (tertiary/aromatic N) is 4. The van der Waals surface area contributed by atoms with E-state index in [2.05, 4.69) is 0 Å². The van der Waals surface area contributed by atoms with Crippen LogP contribution in [0, 0.1) is 16.7 Å². The van der Waals surface area contributed by atoms with E-state index in [1.165, 1.54) is 0 Å². The van der Waals surface area contributed by atoms with Gasteiger partial charge >= 0.3 is 30.3 Å². The smallest absolute Gasteiger partial charge is 0.410 e. The van der Waals surface area contributed by atoms with E-state index in [1.807, 2.05) is 62.3 Å². The van der Waals surface area contributed by atoms with E-state index in [9.17, 15) is 52.7 Å². The van der Waals surface area contributed by atoms with Crippen LogP contribution >= 0.6 is 0 Å². The van der Waals surface area contributed by atoms with Gasteiger partial charge in [0.15, 0.2) is 11.6 Å². The van der Waals surface area contributed by atoms with Crippen molar-refractivity contribution >= 4 is 65.0 Å².